The minimum absolute atomic E-state index is 0.0316. The number of esters is 1. The van der Waals surface area contributed by atoms with Gasteiger partial charge in [-0.25, -0.2) is 0 Å². The number of anilines is 1. The van der Waals surface area contributed by atoms with Crippen molar-refractivity contribution >= 4 is 34.7 Å². The number of nitrogens with zero attached hydrogens (tertiary/aromatic N) is 6. The Kier molecular flexibility index (Phi) is 5.65. The monoisotopic (exact) mass is 415 g/mol. The molecule has 29 heavy (non-hydrogen) atoms. The van der Waals surface area contributed by atoms with Gasteiger partial charge in [-0.2, -0.15) is 0 Å². The minimum Gasteiger partial charge on any atom is -0.469 e. The number of hydrogen-bond acceptors (Lipinski definition) is 9. The first-order valence-electron chi connectivity index (χ1n) is 9.35. The smallest absolute Gasteiger partial charge is 0.307 e. The molecular formula is C18H21N7O3S. The lowest BCUT2D eigenvalue weighted by atomic mass is 9.95. The molecule has 0 aromatic carbocycles. The van der Waals surface area contributed by atoms with Gasteiger partial charge in [-0.3, -0.25) is 9.59 Å². The number of ether oxygens (including phenoxy) is 1. The average molecular weight is 415 g/mol. The van der Waals surface area contributed by atoms with Crippen molar-refractivity contribution < 1.29 is 14.3 Å². The first kappa shape index (κ1) is 19.2. The predicted octanol–water partition coefficient (Wildman–Crippen LogP) is 1.22. The second-order valence-electron chi connectivity index (χ2n) is 6.84. The zero-order chi connectivity index (χ0) is 20.2. The van der Waals surface area contributed by atoms with Crippen LogP contribution in [0.2, 0.25) is 0 Å². The molecule has 1 atom stereocenters. The molecule has 0 saturated carbocycles. The molecule has 4 rings (SSSR count). The molecule has 1 N–H and O–H groups in total. The predicted molar refractivity (Wildman–Crippen MR) is 105 cm³/mol. The standard InChI is InChI=1S/C18H21N7O3S/c1-28-17(26)11-13(14-3-2-10-29-14)19-18(27)12-6-8-24(9-7-12)16-5-4-15-20-22-23-25(15)21-16/h2-5,10,12-13H,6-9,11H2,1H3,(H,19,27)/t13-/m0/s1. The fourth-order valence-electron chi connectivity index (χ4n) is 3.43. The van der Waals surface area contributed by atoms with E-state index in [0.717, 1.165) is 10.7 Å². The van der Waals surface area contributed by atoms with E-state index in [1.54, 1.807) is 0 Å². The molecule has 1 saturated heterocycles. The Bertz CT molecular complexity index is 982. The second kappa shape index (κ2) is 8.52. The lowest BCUT2D eigenvalue weighted by Gasteiger charge is -2.32. The van der Waals surface area contributed by atoms with Gasteiger partial charge in [0.2, 0.25) is 5.91 Å². The fraction of sp³-hybridized carbons (Fsp3) is 0.444. The number of amides is 1. The summed E-state index contributed by atoms with van der Waals surface area (Å²) in [6, 6.07) is 7.16. The van der Waals surface area contributed by atoms with E-state index >= 15 is 0 Å². The molecule has 0 aliphatic carbocycles. The van der Waals surface area contributed by atoms with Crippen molar-refractivity contribution in [1.82, 2.24) is 30.6 Å². The number of thiophene rings is 1. The SMILES string of the molecule is COC(=O)C[C@H](NC(=O)C1CCN(c2ccc3nnnn3n2)CC1)c1cccs1. The Morgan fingerprint density at radius 3 is 2.86 bits per heavy atom. The van der Waals surface area contributed by atoms with E-state index in [0.29, 0.717) is 31.6 Å². The topological polar surface area (TPSA) is 115 Å². The van der Waals surface area contributed by atoms with Crippen molar-refractivity contribution in [3.8, 4) is 0 Å². The van der Waals surface area contributed by atoms with Gasteiger partial charge in [0.05, 0.1) is 19.6 Å². The first-order chi connectivity index (χ1) is 14.1. The molecule has 3 aromatic heterocycles. The number of tetrazole rings is 1. The van der Waals surface area contributed by atoms with Gasteiger partial charge in [0.25, 0.3) is 0 Å². The van der Waals surface area contributed by atoms with Crippen molar-refractivity contribution in [1.29, 1.82) is 0 Å². The van der Waals surface area contributed by atoms with E-state index < -0.39 is 0 Å². The highest BCUT2D eigenvalue weighted by molar-refractivity contribution is 7.10. The van der Waals surface area contributed by atoms with Crippen LogP contribution in [0, 0.1) is 5.92 Å². The summed E-state index contributed by atoms with van der Waals surface area (Å²) in [4.78, 5) is 27.6. The third kappa shape index (κ3) is 4.34. The van der Waals surface area contributed by atoms with Crippen LogP contribution in [0.4, 0.5) is 5.82 Å². The fourth-order valence-corrected chi connectivity index (χ4v) is 4.21. The van der Waals surface area contributed by atoms with Gasteiger partial charge < -0.3 is 15.0 Å². The van der Waals surface area contributed by atoms with Gasteiger partial charge in [0, 0.05) is 23.9 Å². The molecule has 10 nitrogen and oxygen atoms in total. The summed E-state index contributed by atoms with van der Waals surface area (Å²) < 4.78 is 6.17. The lowest BCUT2D eigenvalue weighted by Crippen LogP contribution is -2.42. The van der Waals surface area contributed by atoms with Crippen LogP contribution in [0.5, 0.6) is 0 Å². The van der Waals surface area contributed by atoms with Crippen molar-refractivity contribution in [3.63, 3.8) is 0 Å². The van der Waals surface area contributed by atoms with E-state index in [4.69, 9.17) is 4.74 Å². The highest BCUT2D eigenvalue weighted by Gasteiger charge is 2.29. The van der Waals surface area contributed by atoms with Gasteiger partial charge in [-0.05, 0) is 46.8 Å². The maximum Gasteiger partial charge on any atom is 0.307 e. The number of hydrogen-bond donors (Lipinski definition) is 1. The molecule has 1 amide bonds. The Labute approximate surface area is 170 Å². The van der Waals surface area contributed by atoms with Gasteiger partial charge in [-0.1, -0.05) is 6.07 Å². The Morgan fingerprint density at radius 1 is 1.31 bits per heavy atom. The second-order valence-corrected chi connectivity index (χ2v) is 7.82. The van der Waals surface area contributed by atoms with E-state index in [2.05, 4.69) is 30.8 Å². The molecule has 152 valence electrons. The number of methoxy groups -OCH3 is 1. The zero-order valence-electron chi connectivity index (χ0n) is 15.9. The summed E-state index contributed by atoms with van der Waals surface area (Å²) in [6.07, 6.45) is 1.53. The van der Waals surface area contributed by atoms with Gasteiger partial charge in [-0.15, -0.1) is 26.2 Å². The van der Waals surface area contributed by atoms with Gasteiger partial charge >= 0.3 is 5.97 Å². The molecule has 0 unspecified atom stereocenters. The van der Waals surface area contributed by atoms with E-state index in [9.17, 15) is 9.59 Å². The number of nitrogens with one attached hydrogen (secondary N) is 1. The molecule has 1 aliphatic rings. The average Bonchev–Trinajstić information content (AvgIpc) is 3.44. The summed E-state index contributed by atoms with van der Waals surface area (Å²) in [6.45, 7) is 1.42. The number of fused-ring (bicyclic) bond motifs is 1. The minimum atomic E-state index is -0.364. The number of rotatable bonds is 6. The zero-order valence-corrected chi connectivity index (χ0v) is 16.7. The molecular weight excluding hydrogens is 394 g/mol. The van der Waals surface area contributed by atoms with Gasteiger partial charge in [0.15, 0.2) is 11.5 Å². The number of carbonyl (C=O) groups is 2. The van der Waals surface area contributed by atoms with Crippen LogP contribution in [-0.2, 0) is 14.3 Å². The largest absolute Gasteiger partial charge is 0.469 e. The quantitative estimate of drug-likeness (QED) is 0.598. The van der Waals surface area contributed by atoms with Crippen molar-refractivity contribution in [2.75, 3.05) is 25.1 Å². The Balaban J connectivity index is 1.36. The van der Waals surface area contributed by atoms with Crippen LogP contribution < -0.4 is 10.2 Å². The van der Waals surface area contributed by atoms with Crippen LogP contribution in [-0.4, -0.2) is 57.3 Å². The van der Waals surface area contributed by atoms with E-state index in [-0.39, 0.29) is 30.3 Å². The summed E-state index contributed by atoms with van der Waals surface area (Å²) in [5, 5.41) is 20.6. The molecule has 0 spiro atoms. The molecule has 0 radical (unpaired) electrons. The maximum absolute atomic E-state index is 12.8. The Hall–Kier alpha value is -3.08. The van der Waals surface area contributed by atoms with Crippen LogP contribution in [0.25, 0.3) is 5.65 Å². The molecule has 0 bridgehead atoms. The van der Waals surface area contributed by atoms with Crippen LogP contribution in [0.15, 0.2) is 29.6 Å². The third-order valence-electron chi connectivity index (χ3n) is 5.05. The highest BCUT2D eigenvalue weighted by atomic mass is 32.1. The van der Waals surface area contributed by atoms with Crippen molar-refractivity contribution in [2.45, 2.75) is 25.3 Å². The van der Waals surface area contributed by atoms with Crippen molar-refractivity contribution in [3.05, 3.63) is 34.5 Å². The van der Waals surface area contributed by atoms with Crippen LogP contribution in [0.3, 0.4) is 0 Å². The Morgan fingerprint density at radius 2 is 2.14 bits per heavy atom. The molecule has 3 aromatic rings. The van der Waals surface area contributed by atoms with Gasteiger partial charge in [0.1, 0.15) is 0 Å². The first-order valence-corrected chi connectivity index (χ1v) is 10.2. The number of piperidine rings is 1. The van der Waals surface area contributed by atoms with E-state index in [1.807, 2.05) is 29.6 Å². The van der Waals surface area contributed by atoms with E-state index in [1.165, 1.54) is 23.1 Å². The van der Waals surface area contributed by atoms with Crippen LogP contribution >= 0.6 is 11.3 Å². The highest BCUT2D eigenvalue weighted by Crippen LogP contribution is 2.26. The van der Waals surface area contributed by atoms with Crippen LogP contribution in [0.1, 0.15) is 30.2 Å². The maximum atomic E-state index is 12.8. The summed E-state index contributed by atoms with van der Waals surface area (Å²) >= 11 is 1.51. The molecule has 1 aliphatic heterocycles. The molecule has 4 heterocycles. The summed E-state index contributed by atoms with van der Waals surface area (Å²) in [5.74, 6) is 0.298. The number of carbonyl (C=O) groups excluding carboxylic acids is 2. The normalized spacial score (nSPS) is 16.0. The number of aromatic nitrogens is 5. The van der Waals surface area contributed by atoms with Crippen molar-refractivity contribution in [2.24, 2.45) is 5.92 Å². The molecule has 1 fully saturated rings. The molecule has 11 heteroatoms. The third-order valence-corrected chi connectivity index (χ3v) is 6.03. The lowest BCUT2D eigenvalue weighted by molar-refractivity contribution is -0.141. The summed E-state index contributed by atoms with van der Waals surface area (Å²) in [5.41, 5.74) is 0.591. The summed E-state index contributed by atoms with van der Waals surface area (Å²) in [7, 11) is 1.35.